The van der Waals surface area contributed by atoms with Crippen molar-refractivity contribution >= 4 is 17.5 Å². The van der Waals surface area contributed by atoms with Gasteiger partial charge in [-0.2, -0.15) is 0 Å². The van der Waals surface area contributed by atoms with Crippen molar-refractivity contribution < 1.29 is 4.79 Å². The van der Waals surface area contributed by atoms with E-state index >= 15 is 0 Å². The fourth-order valence-corrected chi connectivity index (χ4v) is 2.18. The van der Waals surface area contributed by atoms with Gasteiger partial charge in [0.2, 0.25) is 5.91 Å². The van der Waals surface area contributed by atoms with Crippen molar-refractivity contribution in [2.45, 2.75) is 46.6 Å². The van der Waals surface area contributed by atoms with Crippen LogP contribution in [0.3, 0.4) is 0 Å². The molecule has 2 unspecified atom stereocenters. The monoisotopic (exact) mass is 231 g/mol. The zero-order valence-electron chi connectivity index (χ0n) is 10.2. The minimum Gasteiger partial charge on any atom is -0.339 e. The lowest BCUT2D eigenvalue weighted by atomic mass is 9.87. The molecule has 3 heteroatoms. The van der Waals surface area contributed by atoms with E-state index in [9.17, 15) is 4.79 Å². The van der Waals surface area contributed by atoms with Crippen LogP contribution < -0.4 is 0 Å². The van der Waals surface area contributed by atoms with Gasteiger partial charge >= 0.3 is 0 Å². The van der Waals surface area contributed by atoms with Gasteiger partial charge in [0.25, 0.3) is 0 Å². The molecular formula is C12H22ClNO. The Morgan fingerprint density at radius 1 is 1.47 bits per heavy atom. The smallest absolute Gasteiger partial charge is 0.229 e. The van der Waals surface area contributed by atoms with Gasteiger partial charge in [0, 0.05) is 18.5 Å². The van der Waals surface area contributed by atoms with Gasteiger partial charge in [-0.25, -0.2) is 0 Å². The first-order valence-corrected chi connectivity index (χ1v) is 6.30. The fraction of sp³-hybridized carbons (Fsp3) is 0.917. The molecule has 0 bridgehead atoms. The zero-order valence-corrected chi connectivity index (χ0v) is 11.0. The number of alkyl halides is 1. The van der Waals surface area contributed by atoms with Gasteiger partial charge in [-0.15, -0.1) is 11.6 Å². The first kappa shape index (κ1) is 12.8. The molecule has 1 heterocycles. The summed E-state index contributed by atoms with van der Waals surface area (Å²) in [5, 5.41) is 0. The molecule has 0 aromatic heterocycles. The van der Waals surface area contributed by atoms with Crippen molar-refractivity contribution in [2.75, 3.05) is 12.4 Å². The molecule has 0 radical (unpaired) electrons. The molecule has 0 saturated carbocycles. The summed E-state index contributed by atoms with van der Waals surface area (Å²) in [6, 6.07) is 0.355. The van der Waals surface area contributed by atoms with Crippen LogP contribution in [0.15, 0.2) is 0 Å². The van der Waals surface area contributed by atoms with Crippen molar-refractivity contribution in [1.82, 2.24) is 4.90 Å². The third-order valence-electron chi connectivity index (χ3n) is 3.55. The second-order valence-corrected chi connectivity index (χ2v) is 5.64. The summed E-state index contributed by atoms with van der Waals surface area (Å²) in [5.74, 6) is 1.20. The number of rotatable bonds is 2. The second-order valence-electron chi connectivity index (χ2n) is 5.38. The molecule has 2 nitrogen and oxygen atoms in total. The largest absolute Gasteiger partial charge is 0.339 e. The quantitative estimate of drug-likeness (QED) is 0.670. The first-order valence-electron chi connectivity index (χ1n) is 5.77. The van der Waals surface area contributed by atoms with Crippen molar-refractivity contribution in [3.63, 3.8) is 0 Å². The van der Waals surface area contributed by atoms with Crippen LogP contribution in [0, 0.1) is 11.3 Å². The second kappa shape index (κ2) is 4.73. The van der Waals surface area contributed by atoms with Gasteiger partial charge in [-0.3, -0.25) is 4.79 Å². The molecule has 1 saturated heterocycles. The van der Waals surface area contributed by atoms with Crippen molar-refractivity contribution in [1.29, 1.82) is 0 Å². The standard InChI is InChI=1S/C12H22ClNO/c1-9-6-5-7-14(10(9)2)11(15)12(3,4)8-13/h9-10H,5-8H2,1-4H3. The third kappa shape index (κ3) is 2.66. The minimum atomic E-state index is -0.424. The number of carbonyl (C=O) groups excluding carboxylic acids is 1. The van der Waals surface area contributed by atoms with Crippen LogP contribution in [0.5, 0.6) is 0 Å². The molecule has 1 rings (SSSR count). The molecule has 1 fully saturated rings. The molecule has 0 aliphatic carbocycles. The average molecular weight is 232 g/mol. The molecule has 1 aliphatic heterocycles. The highest BCUT2D eigenvalue weighted by Gasteiger charge is 2.36. The Labute approximate surface area is 98.0 Å². The maximum absolute atomic E-state index is 12.2. The molecular weight excluding hydrogens is 210 g/mol. The van der Waals surface area contributed by atoms with Crippen LogP contribution in [-0.4, -0.2) is 29.3 Å². The lowest BCUT2D eigenvalue weighted by Gasteiger charge is -2.41. The van der Waals surface area contributed by atoms with Gasteiger partial charge in [-0.1, -0.05) is 6.92 Å². The van der Waals surface area contributed by atoms with E-state index in [1.165, 1.54) is 6.42 Å². The summed E-state index contributed by atoms with van der Waals surface area (Å²) < 4.78 is 0. The fourth-order valence-electron chi connectivity index (χ4n) is 2.07. The highest BCUT2D eigenvalue weighted by molar-refractivity contribution is 6.19. The van der Waals surface area contributed by atoms with Crippen molar-refractivity contribution in [3.05, 3.63) is 0 Å². The molecule has 1 aliphatic rings. The number of nitrogens with zero attached hydrogens (tertiary/aromatic N) is 1. The van der Waals surface area contributed by atoms with E-state index in [2.05, 4.69) is 13.8 Å². The van der Waals surface area contributed by atoms with Crippen LogP contribution in [0.2, 0.25) is 0 Å². The SMILES string of the molecule is CC1CCCN(C(=O)C(C)(C)CCl)C1C. The van der Waals surface area contributed by atoms with E-state index in [1.807, 2.05) is 18.7 Å². The van der Waals surface area contributed by atoms with Gasteiger partial charge in [0.15, 0.2) is 0 Å². The maximum atomic E-state index is 12.2. The summed E-state index contributed by atoms with van der Waals surface area (Å²) in [4.78, 5) is 14.3. The zero-order chi connectivity index (χ0) is 11.6. The summed E-state index contributed by atoms with van der Waals surface area (Å²) in [5.41, 5.74) is -0.424. The predicted molar refractivity (Wildman–Crippen MR) is 64.1 cm³/mol. The number of hydrogen-bond acceptors (Lipinski definition) is 1. The lowest BCUT2D eigenvalue weighted by molar-refractivity contribution is -0.144. The summed E-state index contributed by atoms with van der Waals surface area (Å²) in [7, 11) is 0. The van der Waals surface area contributed by atoms with Crippen LogP contribution in [0.4, 0.5) is 0 Å². The molecule has 88 valence electrons. The number of piperidine rings is 1. The van der Waals surface area contributed by atoms with Gasteiger partial charge < -0.3 is 4.90 Å². The molecule has 0 aromatic rings. The minimum absolute atomic E-state index is 0.205. The van der Waals surface area contributed by atoms with Gasteiger partial charge in [0.05, 0.1) is 5.41 Å². The molecule has 0 N–H and O–H groups in total. The Hall–Kier alpha value is -0.240. The number of carbonyl (C=O) groups is 1. The van der Waals surface area contributed by atoms with Gasteiger partial charge in [0.1, 0.15) is 0 Å². The van der Waals surface area contributed by atoms with E-state index in [1.54, 1.807) is 0 Å². The highest BCUT2D eigenvalue weighted by Crippen LogP contribution is 2.28. The Morgan fingerprint density at radius 3 is 2.60 bits per heavy atom. The Balaban J connectivity index is 2.74. The molecule has 0 spiro atoms. The third-order valence-corrected chi connectivity index (χ3v) is 4.22. The molecule has 1 amide bonds. The molecule has 2 atom stereocenters. The summed E-state index contributed by atoms with van der Waals surface area (Å²) in [6.07, 6.45) is 2.35. The maximum Gasteiger partial charge on any atom is 0.229 e. The van der Waals surface area contributed by atoms with Crippen LogP contribution >= 0.6 is 11.6 Å². The number of hydrogen-bond donors (Lipinski definition) is 0. The lowest BCUT2D eigenvalue weighted by Crippen LogP contribution is -2.51. The Bertz CT molecular complexity index is 240. The average Bonchev–Trinajstić information content (AvgIpc) is 2.21. The van der Waals surface area contributed by atoms with Crippen LogP contribution in [0.25, 0.3) is 0 Å². The molecule has 0 aromatic carbocycles. The van der Waals surface area contributed by atoms with E-state index in [4.69, 9.17) is 11.6 Å². The number of amides is 1. The van der Waals surface area contributed by atoms with E-state index in [0.717, 1.165) is 13.0 Å². The van der Waals surface area contributed by atoms with Crippen LogP contribution in [-0.2, 0) is 4.79 Å². The van der Waals surface area contributed by atoms with E-state index in [-0.39, 0.29) is 5.91 Å². The molecule has 15 heavy (non-hydrogen) atoms. The topological polar surface area (TPSA) is 20.3 Å². The highest BCUT2D eigenvalue weighted by atomic mass is 35.5. The number of halogens is 1. The van der Waals surface area contributed by atoms with Crippen molar-refractivity contribution in [3.8, 4) is 0 Å². The normalized spacial score (nSPS) is 27.9. The Morgan fingerprint density at radius 2 is 2.07 bits per heavy atom. The summed E-state index contributed by atoms with van der Waals surface area (Å²) in [6.45, 7) is 9.11. The van der Waals surface area contributed by atoms with E-state index in [0.29, 0.717) is 17.8 Å². The first-order chi connectivity index (χ1) is 6.90. The van der Waals surface area contributed by atoms with Crippen molar-refractivity contribution in [2.24, 2.45) is 11.3 Å². The summed E-state index contributed by atoms with van der Waals surface area (Å²) >= 11 is 5.84. The van der Waals surface area contributed by atoms with Gasteiger partial charge in [-0.05, 0) is 39.5 Å². The van der Waals surface area contributed by atoms with Crippen LogP contribution in [0.1, 0.15) is 40.5 Å². The Kier molecular flexibility index (Phi) is 4.05. The predicted octanol–water partition coefficient (Wildman–Crippen LogP) is 2.90. The number of likely N-dealkylation sites (tertiary alicyclic amines) is 1. The van der Waals surface area contributed by atoms with E-state index < -0.39 is 5.41 Å².